The monoisotopic (exact) mass is 127 g/mol. The molecule has 0 nitrogen and oxygen atoms in total. The summed E-state index contributed by atoms with van der Waals surface area (Å²) in [5, 5.41) is 0. The molecule has 1 rings (SSSR count). The fraction of sp³-hybridized carbons (Fsp3) is 0.143. The van der Waals surface area contributed by atoms with Gasteiger partial charge in [0, 0.05) is 5.56 Å². The van der Waals surface area contributed by atoms with Crippen LogP contribution in [0.25, 0.3) is 0 Å². The van der Waals surface area contributed by atoms with E-state index in [4.69, 9.17) is 0 Å². The largest absolute Gasteiger partial charge is 0.263 e. The molecule has 0 bridgehead atoms. The molecule has 0 aliphatic carbocycles. The molecule has 0 atom stereocenters. The fourth-order valence-electron chi connectivity index (χ4n) is 0.545. The third-order valence-electron chi connectivity index (χ3n) is 0.996. The van der Waals surface area contributed by atoms with Gasteiger partial charge in [-0.3, -0.25) is 0 Å². The van der Waals surface area contributed by atoms with Crippen molar-refractivity contribution in [3.63, 3.8) is 0 Å². The van der Waals surface area contributed by atoms with Gasteiger partial charge in [-0.1, -0.05) is 24.3 Å². The number of alkyl halides is 2. The molecule has 47 valence electrons. The van der Waals surface area contributed by atoms with Crippen LogP contribution in [-0.4, -0.2) is 0 Å². The van der Waals surface area contributed by atoms with Gasteiger partial charge in [-0.05, 0) is 6.07 Å². The molecule has 0 aromatic heterocycles. The maximum Gasteiger partial charge on any atom is 0.263 e. The lowest BCUT2D eigenvalue weighted by Crippen LogP contribution is -1.79. The van der Waals surface area contributed by atoms with Crippen LogP contribution in [0.1, 0.15) is 12.0 Å². The standard InChI is InChI=1S/C7H5F2/c8-7(9)6-4-2-1-3-5-6/h2-5,7H. The SMILES string of the molecule is FC(F)c1cc[c]cc1. The van der Waals surface area contributed by atoms with E-state index in [1.807, 2.05) is 0 Å². The summed E-state index contributed by atoms with van der Waals surface area (Å²) in [5.74, 6) is 0. The molecule has 0 aliphatic rings. The van der Waals surface area contributed by atoms with Gasteiger partial charge in [0.05, 0.1) is 0 Å². The zero-order chi connectivity index (χ0) is 6.69. The number of rotatable bonds is 1. The van der Waals surface area contributed by atoms with E-state index < -0.39 is 6.43 Å². The second kappa shape index (κ2) is 2.58. The number of hydrogen-bond acceptors (Lipinski definition) is 0. The molecule has 2 heteroatoms. The van der Waals surface area contributed by atoms with Crippen LogP contribution in [-0.2, 0) is 0 Å². The number of halogens is 2. The second-order valence-corrected chi connectivity index (χ2v) is 1.63. The summed E-state index contributed by atoms with van der Waals surface area (Å²) in [7, 11) is 0. The first-order chi connectivity index (χ1) is 4.30. The highest BCUT2D eigenvalue weighted by Gasteiger charge is 2.02. The van der Waals surface area contributed by atoms with Crippen LogP contribution >= 0.6 is 0 Å². The Hall–Kier alpha value is -0.920. The average molecular weight is 127 g/mol. The van der Waals surface area contributed by atoms with Crippen LogP contribution in [0, 0.1) is 6.07 Å². The molecule has 0 aliphatic heterocycles. The van der Waals surface area contributed by atoms with Crippen LogP contribution in [0.2, 0.25) is 0 Å². The van der Waals surface area contributed by atoms with Crippen molar-refractivity contribution in [1.82, 2.24) is 0 Å². The molecule has 0 spiro atoms. The Bertz CT molecular complexity index is 170. The Kier molecular flexibility index (Phi) is 1.78. The molecule has 1 radical (unpaired) electrons. The molecule has 1 aromatic carbocycles. The molecule has 0 saturated heterocycles. The molecule has 0 amide bonds. The van der Waals surface area contributed by atoms with E-state index in [2.05, 4.69) is 6.07 Å². The van der Waals surface area contributed by atoms with Gasteiger partial charge in [0.2, 0.25) is 0 Å². The van der Waals surface area contributed by atoms with Crippen LogP contribution in [0.4, 0.5) is 8.78 Å². The Labute approximate surface area is 52.1 Å². The molecule has 0 N–H and O–H groups in total. The van der Waals surface area contributed by atoms with E-state index in [1.165, 1.54) is 24.3 Å². The quantitative estimate of drug-likeness (QED) is 0.543. The Morgan fingerprint density at radius 1 is 1.22 bits per heavy atom. The van der Waals surface area contributed by atoms with Gasteiger partial charge in [-0.25, -0.2) is 8.78 Å². The molecule has 0 saturated carbocycles. The van der Waals surface area contributed by atoms with Crippen molar-refractivity contribution in [2.45, 2.75) is 6.43 Å². The summed E-state index contributed by atoms with van der Waals surface area (Å²) in [6.07, 6.45) is -2.36. The molecule has 9 heavy (non-hydrogen) atoms. The molecule has 0 fully saturated rings. The Balaban J connectivity index is 2.85. The van der Waals surface area contributed by atoms with Gasteiger partial charge >= 0.3 is 0 Å². The van der Waals surface area contributed by atoms with Crippen molar-refractivity contribution >= 4 is 0 Å². The second-order valence-electron chi connectivity index (χ2n) is 1.63. The van der Waals surface area contributed by atoms with E-state index in [9.17, 15) is 8.78 Å². The highest BCUT2D eigenvalue weighted by atomic mass is 19.3. The van der Waals surface area contributed by atoms with Gasteiger partial charge in [-0.2, -0.15) is 0 Å². The Morgan fingerprint density at radius 2 is 1.78 bits per heavy atom. The van der Waals surface area contributed by atoms with Gasteiger partial charge in [-0.15, -0.1) is 0 Å². The Morgan fingerprint density at radius 3 is 2.11 bits per heavy atom. The summed E-state index contributed by atoms with van der Waals surface area (Å²) < 4.78 is 23.5. The third kappa shape index (κ3) is 1.49. The van der Waals surface area contributed by atoms with Crippen LogP contribution in [0.15, 0.2) is 24.3 Å². The van der Waals surface area contributed by atoms with E-state index in [0.717, 1.165) is 0 Å². The van der Waals surface area contributed by atoms with Gasteiger partial charge in [0.15, 0.2) is 0 Å². The summed E-state index contributed by atoms with van der Waals surface area (Å²) in [6.45, 7) is 0. The molecule has 0 unspecified atom stereocenters. The highest BCUT2D eigenvalue weighted by Crippen LogP contribution is 2.16. The first-order valence-corrected chi connectivity index (χ1v) is 2.55. The maximum absolute atomic E-state index is 11.8. The highest BCUT2D eigenvalue weighted by molar-refractivity contribution is 5.14. The molecular formula is C7H5F2. The molecule has 1 aromatic rings. The lowest BCUT2D eigenvalue weighted by Gasteiger charge is -1.94. The average Bonchev–Trinajstić information content (AvgIpc) is 1.90. The lowest BCUT2D eigenvalue weighted by molar-refractivity contribution is 0.151. The minimum atomic E-state index is -2.36. The minimum Gasteiger partial charge on any atom is -0.205 e. The normalized spacial score (nSPS) is 10.1. The lowest BCUT2D eigenvalue weighted by atomic mass is 10.2. The van der Waals surface area contributed by atoms with Gasteiger partial charge in [0.1, 0.15) is 0 Å². The van der Waals surface area contributed by atoms with Crippen LogP contribution in [0.5, 0.6) is 0 Å². The van der Waals surface area contributed by atoms with Crippen molar-refractivity contribution in [3.8, 4) is 0 Å². The van der Waals surface area contributed by atoms with Gasteiger partial charge in [0.25, 0.3) is 6.43 Å². The van der Waals surface area contributed by atoms with E-state index in [-0.39, 0.29) is 5.56 Å². The summed E-state index contributed by atoms with van der Waals surface area (Å²) in [6, 6.07) is 8.31. The zero-order valence-corrected chi connectivity index (χ0v) is 4.64. The first kappa shape index (κ1) is 6.20. The topological polar surface area (TPSA) is 0 Å². The van der Waals surface area contributed by atoms with Crippen molar-refractivity contribution in [2.75, 3.05) is 0 Å². The van der Waals surface area contributed by atoms with Crippen molar-refractivity contribution in [3.05, 3.63) is 35.9 Å². The van der Waals surface area contributed by atoms with Crippen molar-refractivity contribution < 1.29 is 8.78 Å². The summed E-state index contributed by atoms with van der Waals surface area (Å²) >= 11 is 0. The predicted molar refractivity (Wildman–Crippen MR) is 30.2 cm³/mol. The van der Waals surface area contributed by atoms with Crippen LogP contribution in [0.3, 0.4) is 0 Å². The van der Waals surface area contributed by atoms with E-state index in [1.54, 1.807) is 0 Å². The molecular weight excluding hydrogens is 122 g/mol. The maximum atomic E-state index is 11.8. The van der Waals surface area contributed by atoms with Crippen molar-refractivity contribution in [1.29, 1.82) is 0 Å². The number of benzene rings is 1. The fourth-order valence-corrected chi connectivity index (χ4v) is 0.545. The minimum absolute atomic E-state index is 0.0498. The first-order valence-electron chi connectivity index (χ1n) is 2.55. The summed E-state index contributed by atoms with van der Waals surface area (Å²) in [4.78, 5) is 0. The smallest absolute Gasteiger partial charge is 0.205 e. The third-order valence-corrected chi connectivity index (χ3v) is 0.996. The van der Waals surface area contributed by atoms with Gasteiger partial charge < -0.3 is 0 Å². The van der Waals surface area contributed by atoms with Crippen LogP contribution < -0.4 is 0 Å². The summed E-state index contributed by atoms with van der Waals surface area (Å²) in [5.41, 5.74) is 0.0498. The van der Waals surface area contributed by atoms with E-state index in [0.29, 0.717) is 0 Å². The molecule has 0 heterocycles. The predicted octanol–water partition coefficient (Wildman–Crippen LogP) is 2.42. The number of hydrogen-bond donors (Lipinski definition) is 0. The van der Waals surface area contributed by atoms with Crippen molar-refractivity contribution in [2.24, 2.45) is 0 Å². The zero-order valence-electron chi connectivity index (χ0n) is 4.64. The van der Waals surface area contributed by atoms with E-state index >= 15 is 0 Å².